The van der Waals surface area contributed by atoms with Crippen LogP contribution in [-0.4, -0.2) is 24.3 Å². The molecule has 1 aromatic carbocycles. The van der Waals surface area contributed by atoms with Gasteiger partial charge in [0.25, 0.3) is 0 Å². The highest BCUT2D eigenvalue weighted by Gasteiger charge is 2.34. The normalized spacial score (nSPS) is 18.6. The van der Waals surface area contributed by atoms with Crippen molar-refractivity contribution < 1.29 is 14.6 Å². The zero-order valence-corrected chi connectivity index (χ0v) is 7.72. The molecule has 1 unspecified atom stereocenters. The van der Waals surface area contributed by atoms with Crippen molar-refractivity contribution in [2.75, 3.05) is 13.2 Å². The number of rotatable bonds is 3. The van der Waals surface area contributed by atoms with Crippen molar-refractivity contribution in [1.29, 1.82) is 0 Å². The van der Waals surface area contributed by atoms with Crippen LogP contribution in [0.2, 0.25) is 0 Å². The predicted octanol–water partition coefficient (Wildman–Crippen LogP) is 1.50. The Hall–Kier alpha value is -1.35. The molecule has 3 nitrogen and oxygen atoms in total. The minimum absolute atomic E-state index is 0.134. The van der Waals surface area contributed by atoms with E-state index in [-0.39, 0.29) is 5.92 Å². The zero-order valence-electron chi connectivity index (χ0n) is 7.72. The fourth-order valence-electron chi connectivity index (χ4n) is 1.72. The molecule has 14 heavy (non-hydrogen) atoms. The van der Waals surface area contributed by atoms with Crippen LogP contribution in [-0.2, 0) is 9.53 Å². The lowest BCUT2D eigenvalue weighted by molar-refractivity contribution is -0.146. The molecule has 1 aromatic rings. The molecule has 1 N–H and O–H groups in total. The maximum absolute atomic E-state index is 11.1. The van der Waals surface area contributed by atoms with E-state index >= 15 is 0 Å². The largest absolute Gasteiger partial charge is 0.481 e. The van der Waals surface area contributed by atoms with Crippen LogP contribution in [0.15, 0.2) is 30.3 Å². The van der Waals surface area contributed by atoms with Crippen LogP contribution in [0.3, 0.4) is 0 Å². The van der Waals surface area contributed by atoms with Gasteiger partial charge in [-0.05, 0) is 5.56 Å². The van der Waals surface area contributed by atoms with Crippen LogP contribution in [0.4, 0.5) is 0 Å². The van der Waals surface area contributed by atoms with Crippen LogP contribution in [0.25, 0.3) is 0 Å². The molecule has 1 fully saturated rings. The highest BCUT2D eigenvalue weighted by atomic mass is 16.5. The quantitative estimate of drug-likeness (QED) is 0.789. The molecule has 0 bridgehead atoms. The first-order valence-corrected chi connectivity index (χ1v) is 4.64. The Morgan fingerprint density at radius 1 is 1.36 bits per heavy atom. The highest BCUT2D eigenvalue weighted by molar-refractivity contribution is 5.76. The van der Waals surface area contributed by atoms with Gasteiger partial charge in [0, 0.05) is 5.92 Å². The molecule has 0 radical (unpaired) electrons. The van der Waals surface area contributed by atoms with Crippen LogP contribution in [0.5, 0.6) is 0 Å². The molecule has 0 spiro atoms. The first kappa shape index (κ1) is 9.21. The van der Waals surface area contributed by atoms with Crippen LogP contribution in [0.1, 0.15) is 11.5 Å². The standard InChI is InChI=1S/C11H12O3/c12-11(13)10(9-6-14-7-9)8-4-2-1-3-5-8/h1-5,9-10H,6-7H2,(H,12,13). The van der Waals surface area contributed by atoms with Gasteiger partial charge in [-0.1, -0.05) is 30.3 Å². The van der Waals surface area contributed by atoms with Gasteiger partial charge in [0.2, 0.25) is 0 Å². The SMILES string of the molecule is O=C(O)C(c1ccccc1)C1COC1. The molecule has 3 heteroatoms. The van der Waals surface area contributed by atoms with E-state index in [0.717, 1.165) is 5.56 Å². The van der Waals surface area contributed by atoms with Gasteiger partial charge in [0.1, 0.15) is 0 Å². The summed E-state index contributed by atoms with van der Waals surface area (Å²) >= 11 is 0. The molecule has 1 aliphatic rings. The summed E-state index contributed by atoms with van der Waals surface area (Å²) < 4.78 is 5.02. The summed E-state index contributed by atoms with van der Waals surface area (Å²) in [6.45, 7) is 1.12. The average molecular weight is 192 g/mol. The smallest absolute Gasteiger partial charge is 0.311 e. The molecule has 0 saturated carbocycles. The minimum atomic E-state index is -0.760. The lowest BCUT2D eigenvalue weighted by Crippen LogP contribution is -2.36. The Morgan fingerprint density at radius 2 is 2.00 bits per heavy atom. The van der Waals surface area contributed by atoms with Crippen molar-refractivity contribution in [2.45, 2.75) is 5.92 Å². The molecule has 1 atom stereocenters. The Bertz CT molecular complexity index is 317. The minimum Gasteiger partial charge on any atom is -0.481 e. The molecule has 74 valence electrons. The third kappa shape index (κ3) is 1.63. The molecular weight excluding hydrogens is 180 g/mol. The third-order valence-electron chi connectivity index (χ3n) is 2.56. The molecule has 1 heterocycles. The van der Waals surface area contributed by atoms with E-state index in [1.807, 2.05) is 30.3 Å². The zero-order chi connectivity index (χ0) is 9.97. The summed E-state index contributed by atoms with van der Waals surface area (Å²) in [4.78, 5) is 11.1. The Kier molecular flexibility index (Phi) is 2.50. The molecule has 0 amide bonds. The molecule has 0 aliphatic carbocycles. The molecule has 0 aromatic heterocycles. The number of hydrogen-bond acceptors (Lipinski definition) is 2. The first-order chi connectivity index (χ1) is 6.79. The van der Waals surface area contributed by atoms with Crippen molar-refractivity contribution in [3.63, 3.8) is 0 Å². The van der Waals surface area contributed by atoms with E-state index < -0.39 is 11.9 Å². The number of hydrogen-bond donors (Lipinski definition) is 1. The molecule has 1 aliphatic heterocycles. The number of benzene rings is 1. The van der Waals surface area contributed by atoms with E-state index in [2.05, 4.69) is 0 Å². The summed E-state index contributed by atoms with van der Waals surface area (Å²) in [6.07, 6.45) is 0. The highest BCUT2D eigenvalue weighted by Crippen LogP contribution is 2.30. The summed E-state index contributed by atoms with van der Waals surface area (Å²) in [5.41, 5.74) is 0.869. The summed E-state index contributed by atoms with van der Waals surface area (Å²) in [5.74, 6) is -1.04. The summed E-state index contributed by atoms with van der Waals surface area (Å²) in [5, 5.41) is 9.11. The van der Waals surface area contributed by atoms with Gasteiger partial charge in [-0.15, -0.1) is 0 Å². The van der Waals surface area contributed by atoms with Gasteiger partial charge in [0.05, 0.1) is 19.1 Å². The number of carbonyl (C=O) groups is 1. The Balaban J connectivity index is 2.22. The Morgan fingerprint density at radius 3 is 2.43 bits per heavy atom. The third-order valence-corrected chi connectivity index (χ3v) is 2.56. The van der Waals surface area contributed by atoms with Crippen molar-refractivity contribution in [2.24, 2.45) is 5.92 Å². The number of ether oxygens (including phenoxy) is 1. The number of aliphatic carboxylic acids is 1. The molecule has 2 rings (SSSR count). The van der Waals surface area contributed by atoms with Gasteiger partial charge in [-0.25, -0.2) is 0 Å². The van der Waals surface area contributed by atoms with Crippen molar-refractivity contribution in [3.8, 4) is 0 Å². The van der Waals surface area contributed by atoms with E-state index in [9.17, 15) is 4.79 Å². The van der Waals surface area contributed by atoms with Gasteiger partial charge in [-0.2, -0.15) is 0 Å². The molecular formula is C11H12O3. The van der Waals surface area contributed by atoms with Crippen molar-refractivity contribution in [1.82, 2.24) is 0 Å². The predicted molar refractivity (Wildman–Crippen MR) is 51.1 cm³/mol. The van der Waals surface area contributed by atoms with E-state index in [0.29, 0.717) is 13.2 Å². The van der Waals surface area contributed by atoms with Gasteiger partial charge >= 0.3 is 5.97 Å². The average Bonchev–Trinajstić information content (AvgIpc) is 2.12. The fourth-order valence-corrected chi connectivity index (χ4v) is 1.72. The van der Waals surface area contributed by atoms with Gasteiger partial charge < -0.3 is 9.84 Å². The van der Waals surface area contributed by atoms with Gasteiger partial charge in [-0.3, -0.25) is 4.79 Å². The monoisotopic (exact) mass is 192 g/mol. The maximum Gasteiger partial charge on any atom is 0.311 e. The summed E-state index contributed by atoms with van der Waals surface area (Å²) in [6, 6.07) is 9.34. The number of carboxylic acids is 1. The van der Waals surface area contributed by atoms with E-state index in [1.165, 1.54) is 0 Å². The second-order valence-electron chi connectivity index (χ2n) is 3.52. The van der Waals surface area contributed by atoms with Crippen molar-refractivity contribution in [3.05, 3.63) is 35.9 Å². The fraction of sp³-hybridized carbons (Fsp3) is 0.364. The summed E-state index contributed by atoms with van der Waals surface area (Å²) in [7, 11) is 0. The van der Waals surface area contributed by atoms with Crippen molar-refractivity contribution >= 4 is 5.97 Å². The second-order valence-corrected chi connectivity index (χ2v) is 3.52. The van der Waals surface area contributed by atoms with Crippen LogP contribution in [0, 0.1) is 5.92 Å². The van der Waals surface area contributed by atoms with E-state index in [1.54, 1.807) is 0 Å². The number of carboxylic acid groups (broad SMARTS) is 1. The van der Waals surface area contributed by atoms with Crippen LogP contribution < -0.4 is 0 Å². The first-order valence-electron chi connectivity index (χ1n) is 4.64. The maximum atomic E-state index is 11.1. The Labute approximate surface area is 82.3 Å². The topological polar surface area (TPSA) is 46.5 Å². The lowest BCUT2D eigenvalue weighted by Gasteiger charge is -2.31. The second kappa shape index (κ2) is 3.80. The van der Waals surface area contributed by atoms with E-state index in [4.69, 9.17) is 9.84 Å². The van der Waals surface area contributed by atoms with Crippen LogP contribution >= 0.6 is 0 Å². The lowest BCUT2D eigenvalue weighted by atomic mass is 9.85. The van der Waals surface area contributed by atoms with Gasteiger partial charge in [0.15, 0.2) is 0 Å². The molecule has 1 saturated heterocycles.